The highest BCUT2D eigenvalue weighted by atomic mass is 16.5. The van der Waals surface area contributed by atoms with E-state index in [0.29, 0.717) is 6.54 Å². The lowest BCUT2D eigenvalue weighted by molar-refractivity contribution is -0.113. The summed E-state index contributed by atoms with van der Waals surface area (Å²) < 4.78 is 5.50. The Hall–Kier alpha value is -1.51. The van der Waals surface area contributed by atoms with Crippen molar-refractivity contribution in [2.75, 3.05) is 18.0 Å². The third kappa shape index (κ3) is 1.45. The van der Waals surface area contributed by atoms with Gasteiger partial charge in [-0.3, -0.25) is 4.79 Å². The van der Waals surface area contributed by atoms with Gasteiger partial charge in [0.05, 0.1) is 12.2 Å². The summed E-state index contributed by atoms with van der Waals surface area (Å²) in [5.41, 5.74) is 1.08. The zero-order valence-corrected chi connectivity index (χ0v) is 8.14. The summed E-state index contributed by atoms with van der Waals surface area (Å²) in [5.74, 6) is 0.803. The van der Waals surface area contributed by atoms with Crippen LogP contribution < -0.4 is 9.64 Å². The number of hydrogen-bond donors (Lipinski definition) is 0. The van der Waals surface area contributed by atoms with E-state index in [9.17, 15) is 4.79 Å². The van der Waals surface area contributed by atoms with Crippen molar-refractivity contribution in [3.63, 3.8) is 0 Å². The Morgan fingerprint density at radius 2 is 2.36 bits per heavy atom. The van der Waals surface area contributed by atoms with Gasteiger partial charge >= 0.3 is 0 Å². The van der Waals surface area contributed by atoms with E-state index >= 15 is 0 Å². The molecule has 0 saturated heterocycles. The van der Waals surface area contributed by atoms with E-state index < -0.39 is 0 Å². The number of benzene rings is 1. The first-order valence-corrected chi connectivity index (χ1v) is 4.81. The number of carbonyl (C=O) groups is 1. The first-order valence-electron chi connectivity index (χ1n) is 4.81. The molecule has 1 aromatic carbocycles. The molecule has 74 valence electrons. The van der Waals surface area contributed by atoms with Crippen LogP contribution in [0.3, 0.4) is 0 Å². The van der Waals surface area contributed by atoms with Crippen molar-refractivity contribution in [1.29, 1.82) is 0 Å². The maximum absolute atomic E-state index is 10.7. The molecule has 0 spiro atoms. The molecule has 0 aromatic heterocycles. The van der Waals surface area contributed by atoms with E-state index in [-0.39, 0.29) is 6.10 Å². The number of carbonyl (C=O) groups excluding carboxylic acids is 1. The van der Waals surface area contributed by atoms with Gasteiger partial charge in [0.25, 0.3) is 0 Å². The molecular formula is C11H13NO2. The fourth-order valence-electron chi connectivity index (χ4n) is 1.70. The minimum Gasteiger partial charge on any atom is -0.479 e. The van der Waals surface area contributed by atoms with Crippen molar-refractivity contribution in [1.82, 2.24) is 0 Å². The number of nitrogens with zero attached hydrogens (tertiary/aromatic N) is 1. The molecule has 3 nitrogen and oxygen atoms in total. The summed E-state index contributed by atoms with van der Waals surface area (Å²) in [5, 5.41) is 0. The normalized spacial score (nSPS) is 19.8. The Morgan fingerprint density at radius 3 is 3.07 bits per heavy atom. The van der Waals surface area contributed by atoms with Gasteiger partial charge in [0.15, 0.2) is 12.4 Å². The molecule has 2 rings (SSSR count). The van der Waals surface area contributed by atoms with E-state index in [1.807, 2.05) is 24.3 Å². The Morgan fingerprint density at radius 1 is 1.57 bits per heavy atom. The second kappa shape index (κ2) is 3.70. The molecule has 0 amide bonds. The third-order valence-corrected chi connectivity index (χ3v) is 2.42. The second-order valence-electron chi connectivity index (χ2n) is 3.30. The van der Waals surface area contributed by atoms with Crippen molar-refractivity contribution >= 4 is 12.0 Å². The first kappa shape index (κ1) is 9.06. The first-order chi connectivity index (χ1) is 6.85. The van der Waals surface area contributed by atoms with E-state index in [1.165, 1.54) is 0 Å². The molecule has 3 heteroatoms. The minimum absolute atomic E-state index is 0.329. The summed E-state index contributed by atoms with van der Waals surface area (Å²) in [6.07, 6.45) is 0.531. The van der Waals surface area contributed by atoms with Gasteiger partial charge < -0.3 is 9.64 Å². The average molecular weight is 191 g/mol. The Balaban J connectivity index is 2.35. The fraction of sp³-hybridized carbons (Fsp3) is 0.364. The zero-order chi connectivity index (χ0) is 9.97. The smallest absolute Gasteiger partial charge is 0.171 e. The number of hydrogen-bond acceptors (Lipinski definition) is 3. The van der Waals surface area contributed by atoms with Gasteiger partial charge in [0.2, 0.25) is 0 Å². The summed E-state index contributed by atoms with van der Waals surface area (Å²) in [6, 6.07) is 7.81. The molecule has 1 aromatic rings. The van der Waals surface area contributed by atoms with Crippen molar-refractivity contribution in [2.24, 2.45) is 0 Å². The number of para-hydroxylation sites is 2. The SMILES string of the molecule is CCN1CC(C=O)Oc2ccccc21. The predicted molar refractivity (Wildman–Crippen MR) is 54.8 cm³/mol. The van der Waals surface area contributed by atoms with Crippen LogP contribution in [0.15, 0.2) is 24.3 Å². The van der Waals surface area contributed by atoms with E-state index in [1.54, 1.807) is 0 Å². The van der Waals surface area contributed by atoms with Crippen molar-refractivity contribution in [3.8, 4) is 5.75 Å². The molecule has 1 atom stereocenters. The van der Waals surface area contributed by atoms with Crippen LogP contribution in [0.25, 0.3) is 0 Å². The van der Waals surface area contributed by atoms with Gasteiger partial charge in [-0.15, -0.1) is 0 Å². The summed E-state index contributed by atoms with van der Waals surface area (Å²) in [6.45, 7) is 3.62. The molecule has 0 N–H and O–H groups in total. The number of rotatable bonds is 2. The monoisotopic (exact) mass is 191 g/mol. The maximum Gasteiger partial charge on any atom is 0.171 e. The molecular weight excluding hydrogens is 178 g/mol. The van der Waals surface area contributed by atoms with Crippen LogP contribution in [-0.4, -0.2) is 25.5 Å². The van der Waals surface area contributed by atoms with Gasteiger partial charge in [-0.1, -0.05) is 12.1 Å². The second-order valence-corrected chi connectivity index (χ2v) is 3.30. The van der Waals surface area contributed by atoms with Crippen LogP contribution in [0.1, 0.15) is 6.92 Å². The van der Waals surface area contributed by atoms with Crippen LogP contribution in [0, 0.1) is 0 Å². The number of fused-ring (bicyclic) bond motifs is 1. The van der Waals surface area contributed by atoms with Crippen molar-refractivity contribution in [3.05, 3.63) is 24.3 Å². The summed E-state index contributed by atoms with van der Waals surface area (Å²) in [4.78, 5) is 12.8. The van der Waals surface area contributed by atoms with E-state index in [2.05, 4.69) is 11.8 Å². The molecule has 1 heterocycles. The molecule has 0 fully saturated rings. The van der Waals surface area contributed by atoms with Crippen LogP contribution in [0.4, 0.5) is 5.69 Å². The van der Waals surface area contributed by atoms with E-state index in [4.69, 9.17) is 4.74 Å². The highest BCUT2D eigenvalue weighted by Gasteiger charge is 2.23. The Kier molecular flexibility index (Phi) is 2.39. The molecule has 0 saturated carbocycles. The van der Waals surface area contributed by atoms with Gasteiger partial charge in [0, 0.05) is 6.54 Å². The standard InChI is InChI=1S/C11H13NO2/c1-2-12-7-9(8-13)14-11-6-4-3-5-10(11)12/h3-6,8-9H,2,7H2,1H3. The van der Waals surface area contributed by atoms with Crippen LogP contribution in [0.5, 0.6) is 5.75 Å². The summed E-state index contributed by atoms with van der Waals surface area (Å²) in [7, 11) is 0. The minimum atomic E-state index is -0.329. The topological polar surface area (TPSA) is 29.5 Å². The molecule has 1 aliphatic rings. The number of aldehydes is 1. The third-order valence-electron chi connectivity index (χ3n) is 2.42. The van der Waals surface area contributed by atoms with Gasteiger partial charge in [-0.05, 0) is 19.1 Å². The quantitative estimate of drug-likeness (QED) is 0.663. The highest BCUT2D eigenvalue weighted by molar-refractivity contribution is 5.66. The molecule has 1 unspecified atom stereocenters. The largest absolute Gasteiger partial charge is 0.479 e. The van der Waals surface area contributed by atoms with Crippen LogP contribution in [0.2, 0.25) is 0 Å². The molecule has 0 radical (unpaired) electrons. The lowest BCUT2D eigenvalue weighted by atomic mass is 10.2. The molecule has 0 bridgehead atoms. The number of likely N-dealkylation sites (N-methyl/N-ethyl adjacent to an activating group) is 1. The Bertz CT molecular complexity index is 338. The van der Waals surface area contributed by atoms with E-state index in [0.717, 1.165) is 24.3 Å². The van der Waals surface area contributed by atoms with Gasteiger partial charge in [-0.2, -0.15) is 0 Å². The molecule has 1 aliphatic heterocycles. The fourth-order valence-corrected chi connectivity index (χ4v) is 1.70. The van der Waals surface area contributed by atoms with Gasteiger partial charge in [-0.25, -0.2) is 0 Å². The number of anilines is 1. The lowest BCUT2D eigenvalue weighted by Gasteiger charge is -2.33. The Labute approximate surface area is 83.3 Å². The van der Waals surface area contributed by atoms with Gasteiger partial charge in [0.1, 0.15) is 5.75 Å². The average Bonchev–Trinajstić information content (AvgIpc) is 2.27. The van der Waals surface area contributed by atoms with Crippen molar-refractivity contribution < 1.29 is 9.53 Å². The number of ether oxygens (including phenoxy) is 1. The van der Waals surface area contributed by atoms with Crippen molar-refractivity contribution in [2.45, 2.75) is 13.0 Å². The molecule has 0 aliphatic carbocycles. The lowest BCUT2D eigenvalue weighted by Crippen LogP contribution is -2.40. The highest BCUT2D eigenvalue weighted by Crippen LogP contribution is 2.32. The maximum atomic E-state index is 10.7. The van der Waals surface area contributed by atoms with Crippen LogP contribution >= 0.6 is 0 Å². The molecule has 14 heavy (non-hydrogen) atoms. The zero-order valence-electron chi connectivity index (χ0n) is 8.14. The van der Waals surface area contributed by atoms with Crippen LogP contribution in [-0.2, 0) is 4.79 Å². The predicted octanol–water partition coefficient (Wildman–Crippen LogP) is 1.47. The summed E-state index contributed by atoms with van der Waals surface area (Å²) >= 11 is 0.